The zero-order chi connectivity index (χ0) is 17.2. The number of likely N-dealkylation sites (tertiary alicyclic amines) is 1. The first kappa shape index (κ1) is 16.7. The van der Waals surface area contributed by atoms with Crippen LogP contribution in [-0.2, 0) is 11.3 Å². The minimum absolute atomic E-state index is 0.0762. The number of carbonyl (C=O) groups excluding carboxylic acids is 2. The largest absolute Gasteiger partial charge is 0.351 e. The van der Waals surface area contributed by atoms with Crippen molar-refractivity contribution in [3.8, 4) is 0 Å². The fourth-order valence-electron chi connectivity index (χ4n) is 3.62. The van der Waals surface area contributed by atoms with E-state index in [2.05, 4.69) is 27.6 Å². The van der Waals surface area contributed by atoms with Gasteiger partial charge in [-0.15, -0.1) is 0 Å². The summed E-state index contributed by atoms with van der Waals surface area (Å²) in [4.78, 5) is 30.1. The molecule has 3 heterocycles. The van der Waals surface area contributed by atoms with Crippen LogP contribution in [0.15, 0.2) is 6.33 Å². The highest BCUT2D eigenvalue weighted by Gasteiger charge is 2.41. The Balaban J connectivity index is 1.54. The van der Waals surface area contributed by atoms with E-state index in [1.807, 2.05) is 16.5 Å². The molecule has 3 amide bonds. The van der Waals surface area contributed by atoms with E-state index < -0.39 is 0 Å². The summed E-state index contributed by atoms with van der Waals surface area (Å²) in [6.45, 7) is 6.14. The van der Waals surface area contributed by atoms with Crippen molar-refractivity contribution >= 4 is 11.9 Å². The minimum Gasteiger partial charge on any atom is -0.351 e. The summed E-state index contributed by atoms with van der Waals surface area (Å²) in [7, 11) is 0. The third-order valence-electron chi connectivity index (χ3n) is 5.05. The van der Waals surface area contributed by atoms with Crippen molar-refractivity contribution in [1.29, 1.82) is 0 Å². The minimum atomic E-state index is -0.186. The van der Waals surface area contributed by atoms with Crippen LogP contribution in [0, 0.1) is 0 Å². The summed E-state index contributed by atoms with van der Waals surface area (Å²) in [5, 5.41) is 10.3. The molecule has 2 saturated heterocycles. The molecule has 0 aliphatic carbocycles. The SMILES string of the molecule is CCCn1ncnc1[C@H](C)NC(=O)N1CCC2(CCC(=O)N2)CC1. The van der Waals surface area contributed by atoms with Gasteiger partial charge in [0.15, 0.2) is 0 Å². The van der Waals surface area contributed by atoms with E-state index in [4.69, 9.17) is 0 Å². The topological polar surface area (TPSA) is 92.2 Å². The molecule has 1 atom stereocenters. The molecule has 8 heteroatoms. The Labute approximate surface area is 142 Å². The highest BCUT2D eigenvalue weighted by atomic mass is 16.2. The van der Waals surface area contributed by atoms with Crippen molar-refractivity contribution in [2.45, 2.75) is 64.1 Å². The van der Waals surface area contributed by atoms with Gasteiger partial charge in [0, 0.05) is 31.6 Å². The molecule has 8 nitrogen and oxygen atoms in total. The second-order valence-electron chi connectivity index (χ2n) is 6.83. The normalized spacial score (nSPS) is 20.9. The van der Waals surface area contributed by atoms with E-state index in [0.29, 0.717) is 19.5 Å². The monoisotopic (exact) mass is 334 g/mol. The molecule has 0 bridgehead atoms. The summed E-state index contributed by atoms with van der Waals surface area (Å²) in [6.07, 6.45) is 5.64. The maximum atomic E-state index is 12.5. The molecule has 0 aromatic carbocycles. The maximum Gasteiger partial charge on any atom is 0.317 e. The molecule has 0 radical (unpaired) electrons. The van der Waals surface area contributed by atoms with Crippen LogP contribution in [0.3, 0.4) is 0 Å². The van der Waals surface area contributed by atoms with Crippen LogP contribution >= 0.6 is 0 Å². The van der Waals surface area contributed by atoms with Crippen molar-refractivity contribution in [2.24, 2.45) is 0 Å². The molecule has 2 fully saturated rings. The third-order valence-corrected chi connectivity index (χ3v) is 5.05. The number of aryl methyl sites for hydroxylation is 1. The number of aromatic nitrogens is 3. The molecule has 3 rings (SSSR count). The Morgan fingerprint density at radius 2 is 2.17 bits per heavy atom. The second-order valence-corrected chi connectivity index (χ2v) is 6.83. The number of urea groups is 1. The van der Waals surface area contributed by atoms with Gasteiger partial charge in [-0.1, -0.05) is 6.92 Å². The van der Waals surface area contributed by atoms with Gasteiger partial charge in [-0.25, -0.2) is 14.5 Å². The number of amides is 3. The Morgan fingerprint density at radius 1 is 1.42 bits per heavy atom. The van der Waals surface area contributed by atoms with Gasteiger partial charge in [-0.05, 0) is 32.6 Å². The summed E-state index contributed by atoms with van der Waals surface area (Å²) in [5.41, 5.74) is -0.0826. The van der Waals surface area contributed by atoms with E-state index in [1.165, 1.54) is 6.33 Å². The Bertz CT molecular complexity index is 605. The highest BCUT2D eigenvalue weighted by molar-refractivity contribution is 5.79. The van der Waals surface area contributed by atoms with Gasteiger partial charge < -0.3 is 15.5 Å². The molecule has 24 heavy (non-hydrogen) atoms. The van der Waals surface area contributed by atoms with Crippen LogP contribution in [0.25, 0.3) is 0 Å². The molecule has 2 N–H and O–H groups in total. The summed E-state index contributed by atoms with van der Waals surface area (Å²) in [5.74, 6) is 0.915. The summed E-state index contributed by atoms with van der Waals surface area (Å²) >= 11 is 0. The third kappa shape index (κ3) is 3.37. The highest BCUT2D eigenvalue weighted by Crippen LogP contribution is 2.31. The first-order valence-corrected chi connectivity index (χ1v) is 8.77. The van der Waals surface area contributed by atoms with Crippen molar-refractivity contribution in [1.82, 2.24) is 30.3 Å². The van der Waals surface area contributed by atoms with Gasteiger partial charge in [0.1, 0.15) is 12.2 Å². The zero-order valence-electron chi connectivity index (χ0n) is 14.4. The van der Waals surface area contributed by atoms with Gasteiger partial charge in [0.2, 0.25) is 5.91 Å². The lowest BCUT2D eigenvalue weighted by molar-refractivity contribution is -0.120. The number of nitrogens with one attached hydrogen (secondary N) is 2. The molecular formula is C16H26N6O2. The number of hydrogen-bond acceptors (Lipinski definition) is 4. The van der Waals surface area contributed by atoms with E-state index >= 15 is 0 Å². The lowest BCUT2D eigenvalue weighted by Crippen LogP contribution is -2.54. The van der Waals surface area contributed by atoms with Gasteiger partial charge in [0.05, 0.1) is 6.04 Å². The molecule has 2 aliphatic rings. The van der Waals surface area contributed by atoms with Gasteiger partial charge in [0.25, 0.3) is 0 Å². The summed E-state index contributed by atoms with van der Waals surface area (Å²) < 4.78 is 1.84. The number of nitrogens with zero attached hydrogens (tertiary/aromatic N) is 4. The number of piperidine rings is 1. The maximum absolute atomic E-state index is 12.5. The van der Waals surface area contributed by atoms with Gasteiger partial charge in [-0.2, -0.15) is 5.10 Å². The number of hydrogen-bond donors (Lipinski definition) is 2. The molecule has 2 aliphatic heterocycles. The van der Waals surface area contributed by atoms with Crippen LogP contribution in [0.4, 0.5) is 4.79 Å². The molecule has 132 valence electrons. The first-order valence-electron chi connectivity index (χ1n) is 8.77. The van der Waals surface area contributed by atoms with Crippen LogP contribution in [0.1, 0.15) is 57.8 Å². The van der Waals surface area contributed by atoms with E-state index in [9.17, 15) is 9.59 Å². The van der Waals surface area contributed by atoms with Gasteiger partial charge >= 0.3 is 6.03 Å². The Kier molecular flexibility index (Phi) is 4.73. The Morgan fingerprint density at radius 3 is 2.79 bits per heavy atom. The zero-order valence-corrected chi connectivity index (χ0v) is 14.4. The summed E-state index contributed by atoms with van der Waals surface area (Å²) in [6, 6.07) is -0.263. The lowest BCUT2D eigenvalue weighted by atomic mass is 9.86. The molecule has 1 spiro atoms. The molecule has 1 aromatic rings. The van der Waals surface area contributed by atoms with E-state index in [0.717, 1.165) is 38.1 Å². The van der Waals surface area contributed by atoms with Crippen LogP contribution < -0.4 is 10.6 Å². The number of carbonyl (C=O) groups is 2. The predicted octanol–water partition coefficient (Wildman–Crippen LogP) is 1.20. The predicted molar refractivity (Wildman–Crippen MR) is 88.2 cm³/mol. The van der Waals surface area contributed by atoms with Crippen molar-refractivity contribution in [3.63, 3.8) is 0 Å². The van der Waals surface area contributed by atoms with Crippen LogP contribution in [-0.4, -0.2) is 50.2 Å². The average molecular weight is 334 g/mol. The standard InChI is InChI=1S/C16H26N6O2/c1-3-8-22-14(17-11-18-22)12(2)19-15(24)21-9-6-16(7-10-21)5-4-13(23)20-16/h11-12H,3-10H2,1-2H3,(H,19,24)(H,20,23)/t12-/m0/s1. The van der Waals surface area contributed by atoms with Crippen molar-refractivity contribution in [2.75, 3.05) is 13.1 Å². The number of rotatable bonds is 4. The van der Waals surface area contributed by atoms with Crippen molar-refractivity contribution < 1.29 is 9.59 Å². The quantitative estimate of drug-likeness (QED) is 0.865. The average Bonchev–Trinajstić information content (AvgIpc) is 3.16. The molecule has 1 aromatic heterocycles. The van der Waals surface area contributed by atoms with Crippen LogP contribution in [0.2, 0.25) is 0 Å². The lowest BCUT2D eigenvalue weighted by Gasteiger charge is -2.39. The Hall–Kier alpha value is -2.12. The first-order chi connectivity index (χ1) is 11.5. The smallest absolute Gasteiger partial charge is 0.317 e. The van der Waals surface area contributed by atoms with Gasteiger partial charge in [-0.3, -0.25) is 4.79 Å². The van der Waals surface area contributed by atoms with E-state index in [1.54, 1.807) is 0 Å². The van der Waals surface area contributed by atoms with Crippen molar-refractivity contribution in [3.05, 3.63) is 12.2 Å². The fourth-order valence-corrected chi connectivity index (χ4v) is 3.62. The fraction of sp³-hybridized carbons (Fsp3) is 0.750. The molecular weight excluding hydrogens is 308 g/mol. The molecule has 0 saturated carbocycles. The molecule has 0 unspecified atom stereocenters. The van der Waals surface area contributed by atoms with E-state index in [-0.39, 0.29) is 23.5 Å². The van der Waals surface area contributed by atoms with Crippen LogP contribution in [0.5, 0.6) is 0 Å². The second kappa shape index (κ2) is 6.78.